The maximum absolute atomic E-state index is 12.9. The first-order valence-corrected chi connectivity index (χ1v) is 9.92. The van der Waals surface area contributed by atoms with Crippen LogP contribution in [0.3, 0.4) is 0 Å². The van der Waals surface area contributed by atoms with Gasteiger partial charge in [-0.25, -0.2) is 0 Å². The van der Waals surface area contributed by atoms with Crippen LogP contribution in [0, 0.1) is 0 Å². The molecule has 3 rings (SSSR count). The number of carbonyl (C=O) groups excluding carboxylic acids is 1. The summed E-state index contributed by atoms with van der Waals surface area (Å²) in [6, 6.07) is 8.13. The molecule has 0 spiro atoms. The number of nitrogens with zero attached hydrogens (tertiary/aromatic N) is 1. The molecule has 0 atom stereocenters. The zero-order valence-corrected chi connectivity index (χ0v) is 15.6. The van der Waals surface area contributed by atoms with E-state index in [0.717, 1.165) is 30.6 Å². The standard InChI is InChI=1S/C19H23NO2S2/c1-2-12-22-16-11-7-6-8-14(16)13-17-18(21)20(19(23)24-17)15-9-4-3-5-10-15/h6-8,11,13,15H,2-5,9-10,12H2,1H3/b17-13-. The third kappa shape index (κ3) is 3.83. The SMILES string of the molecule is CCCOc1ccccc1/C=C1\SC(=S)N(C2CCCCC2)C1=O. The fourth-order valence-electron chi connectivity index (χ4n) is 3.22. The minimum Gasteiger partial charge on any atom is -0.493 e. The summed E-state index contributed by atoms with van der Waals surface area (Å²) < 4.78 is 6.49. The lowest BCUT2D eigenvalue weighted by Gasteiger charge is -2.29. The molecule has 24 heavy (non-hydrogen) atoms. The van der Waals surface area contributed by atoms with E-state index in [0.29, 0.717) is 15.8 Å². The average Bonchev–Trinajstić information content (AvgIpc) is 2.88. The molecular weight excluding hydrogens is 338 g/mol. The van der Waals surface area contributed by atoms with Crippen molar-refractivity contribution in [2.24, 2.45) is 0 Å². The summed E-state index contributed by atoms with van der Waals surface area (Å²) in [5.41, 5.74) is 0.940. The first-order chi connectivity index (χ1) is 11.7. The number of benzene rings is 1. The number of rotatable bonds is 5. The van der Waals surface area contributed by atoms with Crippen molar-refractivity contribution in [1.29, 1.82) is 0 Å². The van der Waals surface area contributed by atoms with Gasteiger partial charge >= 0.3 is 0 Å². The zero-order chi connectivity index (χ0) is 16.9. The Morgan fingerprint density at radius 2 is 2.04 bits per heavy atom. The van der Waals surface area contributed by atoms with Crippen LogP contribution in [0.2, 0.25) is 0 Å². The molecule has 0 unspecified atom stereocenters. The molecule has 0 bridgehead atoms. The van der Waals surface area contributed by atoms with Crippen molar-refractivity contribution < 1.29 is 9.53 Å². The van der Waals surface area contributed by atoms with E-state index in [1.807, 2.05) is 35.2 Å². The molecule has 2 aliphatic rings. The molecule has 2 fully saturated rings. The van der Waals surface area contributed by atoms with Crippen LogP contribution in [0.15, 0.2) is 29.2 Å². The molecule has 1 amide bonds. The summed E-state index contributed by atoms with van der Waals surface area (Å²) in [6.07, 6.45) is 8.66. The second-order valence-electron chi connectivity index (χ2n) is 6.23. The highest BCUT2D eigenvalue weighted by molar-refractivity contribution is 8.26. The fraction of sp³-hybridized carbons (Fsp3) is 0.474. The molecule has 0 aromatic heterocycles. The first kappa shape index (κ1) is 17.5. The Morgan fingerprint density at radius 1 is 1.29 bits per heavy atom. The summed E-state index contributed by atoms with van der Waals surface area (Å²) in [7, 11) is 0. The third-order valence-corrected chi connectivity index (χ3v) is 5.76. The molecule has 1 heterocycles. The van der Waals surface area contributed by atoms with Gasteiger partial charge in [0.05, 0.1) is 11.5 Å². The number of para-hydroxylation sites is 1. The van der Waals surface area contributed by atoms with Crippen LogP contribution in [0.4, 0.5) is 0 Å². The van der Waals surface area contributed by atoms with E-state index in [1.54, 1.807) is 0 Å². The number of hydrogen-bond acceptors (Lipinski definition) is 4. The molecule has 1 aliphatic carbocycles. The van der Waals surface area contributed by atoms with E-state index in [1.165, 1.54) is 31.0 Å². The largest absolute Gasteiger partial charge is 0.493 e. The summed E-state index contributed by atoms with van der Waals surface area (Å²) in [5.74, 6) is 0.879. The van der Waals surface area contributed by atoms with Gasteiger partial charge in [0, 0.05) is 11.6 Å². The molecule has 1 saturated carbocycles. The van der Waals surface area contributed by atoms with Gasteiger partial charge in [0.2, 0.25) is 0 Å². The van der Waals surface area contributed by atoms with Crippen molar-refractivity contribution in [2.75, 3.05) is 6.61 Å². The third-order valence-electron chi connectivity index (χ3n) is 4.43. The first-order valence-electron chi connectivity index (χ1n) is 8.69. The highest BCUT2D eigenvalue weighted by Gasteiger charge is 2.37. The smallest absolute Gasteiger partial charge is 0.266 e. The predicted octanol–water partition coefficient (Wildman–Crippen LogP) is 5.01. The van der Waals surface area contributed by atoms with E-state index < -0.39 is 0 Å². The van der Waals surface area contributed by atoms with E-state index in [2.05, 4.69) is 6.92 Å². The quantitative estimate of drug-likeness (QED) is 0.545. The molecule has 1 aromatic carbocycles. The maximum Gasteiger partial charge on any atom is 0.266 e. The Hall–Kier alpha value is -1.33. The number of carbonyl (C=O) groups is 1. The molecule has 0 radical (unpaired) electrons. The summed E-state index contributed by atoms with van der Waals surface area (Å²) >= 11 is 6.91. The molecule has 3 nitrogen and oxygen atoms in total. The van der Waals surface area contributed by atoms with Crippen molar-refractivity contribution >= 4 is 40.3 Å². The molecule has 1 aliphatic heterocycles. The van der Waals surface area contributed by atoms with Gasteiger partial charge in [0.1, 0.15) is 10.1 Å². The molecule has 128 valence electrons. The van der Waals surface area contributed by atoms with E-state index in [-0.39, 0.29) is 11.9 Å². The highest BCUT2D eigenvalue weighted by Crippen LogP contribution is 2.38. The highest BCUT2D eigenvalue weighted by atomic mass is 32.2. The van der Waals surface area contributed by atoms with Crippen LogP contribution in [0.1, 0.15) is 51.0 Å². The van der Waals surface area contributed by atoms with Crippen molar-refractivity contribution in [3.05, 3.63) is 34.7 Å². The lowest BCUT2D eigenvalue weighted by atomic mass is 9.94. The van der Waals surface area contributed by atoms with Gasteiger partial charge in [-0.15, -0.1) is 0 Å². The second-order valence-corrected chi connectivity index (χ2v) is 7.91. The number of thiocarbonyl (C=S) groups is 1. The molecule has 1 aromatic rings. The minimum absolute atomic E-state index is 0.0576. The molecule has 5 heteroatoms. The molecular formula is C19H23NO2S2. The van der Waals surface area contributed by atoms with Gasteiger partial charge in [-0.3, -0.25) is 9.69 Å². The Kier molecular flexibility index (Phi) is 5.95. The number of amides is 1. The van der Waals surface area contributed by atoms with Crippen LogP contribution < -0.4 is 4.74 Å². The number of ether oxygens (including phenoxy) is 1. The van der Waals surface area contributed by atoms with Crippen molar-refractivity contribution in [1.82, 2.24) is 4.90 Å². The zero-order valence-electron chi connectivity index (χ0n) is 14.0. The summed E-state index contributed by atoms with van der Waals surface area (Å²) in [4.78, 5) is 15.4. The van der Waals surface area contributed by atoms with Crippen molar-refractivity contribution in [3.8, 4) is 5.75 Å². The van der Waals surface area contributed by atoms with Gasteiger partial charge in [-0.1, -0.05) is 68.4 Å². The summed E-state index contributed by atoms with van der Waals surface area (Å²) in [5, 5.41) is 0. The van der Waals surface area contributed by atoms with Crippen LogP contribution >= 0.6 is 24.0 Å². The van der Waals surface area contributed by atoms with Crippen molar-refractivity contribution in [2.45, 2.75) is 51.5 Å². The lowest BCUT2D eigenvalue weighted by molar-refractivity contribution is -0.124. The van der Waals surface area contributed by atoms with E-state index in [9.17, 15) is 4.79 Å². The van der Waals surface area contributed by atoms with Crippen LogP contribution in [0.25, 0.3) is 6.08 Å². The lowest BCUT2D eigenvalue weighted by Crippen LogP contribution is -2.39. The molecule has 1 saturated heterocycles. The maximum atomic E-state index is 12.9. The second kappa shape index (κ2) is 8.17. The normalized spacial score (nSPS) is 20.9. The predicted molar refractivity (Wildman–Crippen MR) is 104 cm³/mol. The minimum atomic E-state index is 0.0576. The Bertz CT molecular complexity index is 651. The van der Waals surface area contributed by atoms with Crippen LogP contribution in [0.5, 0.6) is 5.75 Å². The van der Waals surface area contributed by atoms with Gasteiger partial charge in [0.25, 0.3) is 5.91 Å². The van der Waals surface area contributed by atoms with Crippen LogP contribution in [-0.2, 0) is 4.79 Å². The van der Waals surface area contributed by atoms with E-state index in [4.69, 9.17) is 17.0 Å². The molecule has 0 N–H and O–H groups in total. The Labute approximate surface area is 153 Å². The van der Waals surface area contributed by atoms with Gasteiger partial charge in [0.15, 0.2) is 0 Å². The summed E-state index contributed by atoms with van der Waals surface area (Å²) in [6.45, 7) is 2.76. The van der Waals surface area contributed by atoms with Crippen LogP contribution in [-0.4, -0.2) is 27.8 Å². The van der Waals surface area contributed by atoms with E-state index >= 15 is 0 Å². The monoisotopic (exact) mass is 361 g/mol. The Morgan fingerprint density at radius 3 is 2.79 bits per heavy atom. The Balaban J connectivity index is 1.81. The average molecular weight is 362 g/mol. The fourth-order valence-corrected chi connectivity index (χ4v) is 4.61. The van der Waals surface area contributed by atoms with Gasteiger partial charge in [-0.05, 0) is 31.4 Å². The van der Waals surface area contributed by atoms with Gasteiger partial charge < -0.3 is 4.74 Å². The number of thioether (sulfide) groups is 1. The number of hydrogen-bond donors (Lipinski definition) is 0. The topological polar surface area (TPSA) is 29.5 Å². The van der Waals surface area contributed by atoms with Gasteiger partial charge in [-0.2, -0.15) is 0 Å². The van der Waals surface area contributed by atoms with Crippen molar-refractivity contribution in [3.63, 3.8) is 0 Å².